The summed E-state index contributed by atoms with van der Waals surface area (Å²) in [5.41, 5.74) is 0.732. The molecule has 0 spiro atoms. The van der Waals surface area contributed by atoms with Crippen LogP contribution in [0.25, 0.3) is 6.08 Å². The monoisotopic (exact) mass is 337 g/mol. The Morgan fingerprint density at radius 3 is 2.60 bits per heavy atom. The van der Waals surface area contributed by atoms with Crippen molar-refractivity contribution in [2.24, 2.45) is 5.92 Å². The van der Waals surface area contributed by atoms with E-state index in [0.29, 0.717) is 5.92 Å². The summed E-state index contributed by atoms with van der Waals surface area (Å²) >= 11 is 3.52. The Kier molecular flexibility index (Phi) is 4.53. The van der Waals surface area contributed by atoms with Crippen LogP contribution in [0.15, 0.2) is 34.8 Å². The van der Waals surface area contributed by atoms with Crippen LogP contribution in [0, 0.1) is 5.92 Å². The molecule has 0 N–H and O–H groups in total. The Hall–Kier alpha value is -1.29. The van der Waals surface area contributed by atoms with Crippen LogP contribution >= 0.6 is 15.9 Å². The molecular weight excluding hydrogens is 318 g/mol. The highest BCUT2D eigenvalue weighted by molar-refractivity contribution is 9.10. The number of likely N-dealkylation sites (tertiary alicyclic amines) is 1. The van der Waals surface area contributed by atoms with Crippen LogP contribution in [0.2, 0.25) is 0 Å². The fourth-order valence-corrected chi connectivity index (χ4v) is 2.38. The topological polar surface area (TPSA) is 29.5 Å². The van der Waals surface area contributed by atoms with Crippen molar-refractivity contribution in [1.82, 2.24) is 4.90 Å². The lowest BCUT2D eigenvalue weighted by atomic mass is 9.99. The summed E-state index contributed by atoms with van der Waals surface area (Å²) in [7, 11) is 0. The number of carbonyl (C=O) groups excluding carboxylic acids is 1. The highest BCUT2D eigenvalue weighted by atomic mass is 79.9. The second-order valence-electron chi connectivity index (χ2n) is 6.03. The minimum Gasteiger partial charge on any atom is -0.444 e. The normalized spacial score (nSPS) is 16.3. The van der Waals surface area contributed by atoms with E-state index >= 15 is 0 Å². The van der Waals surface area contributed by atoms with E-state index in [9.17, 15) is 4.79 Å². The van der Waals surface area contributed by atoms with E-state index < -0.39 is 5.60 Å². The van der Waals surface area contributed by atoms with Crippen molar-refractivity contribution in [3.63, 3.8) is 0 Å². The summed E-state index contributed by atoms with van der Waals surface area (Å²) < 4.78 is 6.41. The third kappa shape index (κ3) is 4.10. The number of nitrogens with zero attached hydrogens (tertiary/aromatic N) is 1. The molecule has 0 atom stereocenters. The van der Waals surface area contributed by atoms with Gasteiger partial charge in [0.25, 0.3) is 0 Å². The molecule has 1 saturated heterocycles. The Morgan fingerprint density at radius 2 is 2.00 bits per heavy atom. The standard InChI is InChI=1S/C16H20BrNO2/c1-16(2,3)20-15(19)18-10-12(11-18)8-9-13-6-4-5-7-14(13)17/h4-9,12H,10-11H2,1-3H3/b9-8+. The number of ether oxygens (including phenoxy) is 1. The first-order chi connectivity index (χ1) is 9.35. The summed E-state index contributed by atoms with van der Waals surface area (Å²) in [5, 5.41) is 0. The summed E-state index contributed by atoms with van der Waals surface area (Å²) in [6.45, 7) is 7.12. The summed E-state index contributed by atoms with van der Waals surface area (Å²) in [4.78, 5) is 13.5. The highest BCUT2D eigenvalue weighted by Crippen LogP contribution is 2.23. The molecule has 0 aromatic heterocycles. The average Bonchev–Trinajstić information content (AvgIpc) is 2.26. The van der Waals surface area contributed by atoms with Gasteiger partial charge in [-0.3, -0.25) is 0 Å². The van der Waals surface area contributed by atoms with Gasteiger partial charge < -0.3 is 9.64 Å². The first-order valence-corrected chi connectivity index (χ1v) is 7.55. The van der Waals surface area contributed by atoms with Gasteiger partial charge in [-0.1, -0.05) is 46.3 Å². The molecule has 1 heterocycles. The second kappa shape index (κ2) is 6.00. The molecular formula is C16H20BrNO2. The van der Waals surface area contributed by atoms with E-state index in [1.54, 1.807) is 4.90 Å². The zero-order valence-electron chi connectivity index (χ0n) is 12.1. The van der Waals surface area contributed by atoms with E-state index in [-0.39, 0.29) is 6.09 Å². The molecule has 1 aliphatic heterocycles. The molecule has 1 aromatic carbocycles. The molecule has 3 nitrogen and oxygen atoms in total. The van der Waals surface area contributed by atoms with Crippen molar-refractivity contribution in [3.05, 3.63) is 40.4 Å². The van der Waals surface area contributed by atoms with E-state index in [1.165, 1.54) is 0 Å². The van der Waals surface area contributed by atoms with Gasteiger partial charge in [0.15, 0.2) is 0 Å². The van der Waals surface area contributed by atoms with E-state index in [4.69, 9.17) is 4.74 Å². The van der Waals surface area contributed by atoms with Crippen molar-refractivity contribution in [2.75, 3.05) is 13.1 Å². The van der Waals surface area contributed by atoms with Crippen LogP contribution in [0.3, 0.4) is 0 Å². The molecule has 0 bridgehead atoms. The molecule has 0 aliphatic carbocycles. The van der Waals surface area contributed by atoms with Gasteiger partial charge in [0.2, 0.25) is 0 Å². The predicted octanol–water partition coefficient (Wildman–Crippen LogP) is 4.33. The van der Waals surface area contributed by atoms with Crippen LogP contribution in [-0.4, -0.2) is 29.7 Å². The van der Waals surface area contributed by atoms with Gasteiger partial charge >= 0.3 is 6.09 Å². The Balaban J connectivity index is 1.83. The van der Waals surface area contributed by atoms with Gasteiger partial charge in [-0.25, -0.2) is 4.79 Å². The SMILES string of the molecule is CC(C)(C)OC(=O)N1CC(/C=C/c2ccccc2Br)C1. The zero-order valence-corrected chi connectivity index (χ0v) is 13.7. The van der Waals surface area contributed by atoms with Gasteiger partial charge in [-0.2, -0.15) is 0 Å². The molecule has 1 aliphatic rings. The summed E-state index contributed by atoms with van der Waals surface area (Å²) in [6.07, 6.45) is 4.03. The lowest BCUT2D eigenvalue weighted by molar-refractivity contribution is 0.00500. The van der Waals surface area contributed by atoms with E-state index in [0.717, 1.165) is 23.1 Å². The smallest absolute Gasteiger partial charge is 0.410 e. The lowest BCUT2D eigenvalue weighted by Crippen LogP contribution is -2.50. The van der Waals surface area contributed by atoms with E-state index in [2.05, 4.69) is 34.1 Å². The van der Waals surface area contributed by atoms with Crippen molar-refractivity contribution >= 4 is 28.1 Å². The number of halogens is 1. The minimum atomic E-state index is -0.424. The number of hydrogen-bond acceptors (Lipinski definition) is 2. The average molecular weight is 338 g/mol. The van der Waals surface area contributed by atoms with Crippen molar-refractivity contribution in [2.45, 2.75) is 26.4 Å². The fourth-order valence-electron chi connectivity index (χ4n) is 1.96. The van der Waals surface area contributed by atoms with Crippen LogP contribution in [0.1, 0.15) is 26.3 Å². The van der Waals surface area contributed by atoms with Crippen LogP contribution in [-0.2, 0) is 4.74 Å². The van der Waals surface area contributed by atoms with Crippen LogP contribution in [0.5, 0.6) is 0 Å². The third-order valence-corrected chi connectivity index (χ3v) is 3.74. The third-order valence-electron chi connectivity index (χ3n) is 3.01. The molecule has 108 valence electrons. The fraction of sp³-hybridized carbons (Fsp3) is 0.438. The van der Waals surface area contributed by atoms with Crippen LogP contribution < -0.4 is 0 Å². The number of rotatable bonds is 2. The maximum atomic E-state index is 11.8. The molecule has 4 heteroatoms. The Labute approximate surface area is 128 Å². The van der Waals surface area contributed by atoms with Gasteiger partial charge in [-0.15, -0.1) is 0 Å². The first-order valence-electron chi connectivity index (χ1n) is 6.76. The maximum absolute atomic E-state index is 11.8. The molecule has 1 amide bonds. The molecule has 1 fully saturated rings. The van der Waals surface area contributed by atoms with Crippen LogP contribution in [0.4, 0.5) is 4.79 Å². The largest absolute Gasteiger partial charge is 0.444 e. The quantitative estimate of drug-likeness (QED) is 0.803. The number of hydrogen-bond donors (Lipinski definition) is 0. The van der Waals surface area contributed by atoms with Crippen molar-refractivity contribution in [3.8, 4) is 0 Å². The number of benzene rings is 1. The predicted molar refractivity (Wildman–Crippen MR) is 84.5 cm³/mol. The molecule has 2 rings (SSSR count). The molecule has 0 radical (unpaired) electrons. The number of carbonyl (C=O) groups is 1. The Morgan fingerprint density at radius 1 is 1.35 bits per heavy atom. The van der Waals surface area contributed by atoms with Gasteiger partial charge in [0.1, 0.15) is 5.60 Å². The lowest BCUT2D eigenvalue weighted by Gasteiger charge is -2.38. The zero-order chi connectivity index (χ0) is 14.8. The molecule has 1 aromatic rings. The molecule has 0 unspecified atom stereocenters. The first kappa shape index (κ1) is 15.1. The number of amides is 1. The molecule has 20 heavy (non-hydrogen) atoms. The summed E-state index contributed by atoms with van der Waals surface area (Å²) in [6, 6.07) is 8.09. The maximum Gasteiger partial charge on any atom is 0.410 e. The second-order valence-corrected chi connectivity index (χ2v) is 6.88. The van der Waals surface area contributed by atoms with E-state index in [1.807, 2.05) is 39.0 Å². The van der Waals surface area contributed by atoms with Gasteiger partial charge in [0.05, 0.1) is 0 Å². The highest BCUT2D eigenvalue weighted by Gasteiger charge is 2.32. The van der Waals surface area contributed by atoms with Gasteiger partial charge in [-0.05, 0) is 32.4 Å². The summed E-state index contributed by atoms with van der Waals surface area (Å²) in [5.74, 6) is 0.412. The van der Waals surface area contributed by atoms with Crippen molar-refractivity contribution in [1.29, 1.82) is 0 Å². The van der Waals surface area contributed by atoms with Crippen molar-refractivity contribution < 1.29 is 9.53 Å². The van der Waals surface area contributed by atoms with Gasteiger partial charge in [0, 0.05) is 23.5 Å². The Bertz CT molecular complexity index is 513. The molecule has 0 saturated carbocycles. The minimum absolute atomic E-state index is 0.219.